The zero-order chi connectivity index (χ0) is 20.6. The molecule has 4 rings (SSSR count). The number of imidazole rings is 1. The SMILES string of the molecule is O=c1n(-c2cccc(C(F)(F)F)c2)ccc2nc(COc3ccc(F)cc3)cn12. The van der Waals surface area contributed by atoms with Crippen LogP contribution in [0.15, 0.2) is 71.8 Å². The first-order valence-corrected chi connectivity index (χ1v) is 8.47. The van der Waals surface area contributed by atoms with Gasteiger partial charge in [-0.2, -0.15) is 13.2 Å². The Labute approximate surface area is 161 Å². The summed E-state index contributed by atoms with van der Waals surface area (Å²) in [6.45, 7) is 0.0380. The molecule has 2 heterocycles. The largest absolute Gasteiger partial charge is 0.487 e. The van der Waals surface area contributed by atoms with Gasteiger partial charge in [-0.3, -0.25) is 8.97 Å². The van der Waals surface area contributed by atoms with Crippen LogP contribution in [0.5, 0.6) is 5.75 Å². The maximum Gasteiger partial charge on any atom is 0.416 e. The van der Waals surface area contributed by atoms with Gasteiger partial charge in [0.05, 0.1) is 16.9 Å². The Morgan fingerprint density at radius 1 is 1.03 bits per heavy atom. The highest BCUT2D eigenvalue weighted by Crippen LogP contribution is 2.30. The quantitative estimate of drug-likeness (QED) is 0.480. The van der Waals surface area contributed by atoms with Crippen molar-refractivity contribution < 1.29 is 22.3 Å². The van der Waals surface area contributed by atoms with Crippen molar-refractivity contribution in [2.24, 2.45) is 0 Å². The summed E-state index contributed by atoms with van der Waals surface area (Å²) in [6, 6.07) is 11.5. The molecule has 2 aromatic heterocycles. The van der Waals surface area contributed by atoms with Gasteiger partial charge in [-0.1, -0.05) is 6.07 Å². The summed E-state index contributed by atoms with van der Waals surface area (Å²) in [5, 5.41) is 0. The monoisotopic (exact) mass is 403 g/mol. The topological polar surface area (TPSA) is 48.5 Å². The van der Waals surface area contributed by atoms with Crippen LogP contribution in [0, 0.1) is 5.82 Å². The van der Waals surface area contributed by atoms with Crippen molar-refractivity contribution in [2.75, 3.05) is 0 Å². The van der Waals surface area contributed by atoms with E-state index in [1.165, 1.54) is 59.3 Å². The molecule has 148 valence electrons. The van der Waals surface area contributed by atoms with E-state index >= 15 is 0 Å². The Kier molecular flexibility index (Phi) is 4.57. The van der Waals surface area contributed by atoms with E-state index in [0.29, 0.717) is 17.1 Å². The van der Waals surface area contributed by atoms with E-state index in [-0.39, 0.29) is 18.1 Å². The smallest absolute Gasteiger partial charge is 0.416 e. The first-order chi connectivity index (χ1) is 13.8. The second kappa shape index (κ2) is 7.08. The third-order valence-corrected chi connectivity index (χ3v) is 4.22. The van der Waals surface area contributed by atoms with Gasteiger partial charge in [-0.15, -0.1) is 0 Å². The summed E-state index contributed by atoms with van der Waals surface area (Å²) < 4.78 is 59.6. The molecular formula is C20H13F4N3O2. The van der Waals surface area contributed by atoms with E-state index in [4.69, 9.17) is 4.74 Å². The van der Waals surface area contributed by atoms with E-state index in [2.05, 4.69) is 4.98 Å². The summed E-state index contributed by atoms with van der Waals surface area (Å²) >= 11 is 0. The molecule has 0 saturated carbocycles. The highest BCUT2D eigenvalue weighted by Gasteiger charge is 2.30. The zero-order valence-corrected chi connectivity index (χ0v) is 14.7. The van der Waals surface area contributed by atoms with Crippen LogP contribution in [0.4, 0.5) is 17.6 Å². The Balaban J connectivity index is 1.64. The van der Waals surface area contributed by atoms with Crippen molar-refractivity contribution in [2.45, 2.75) is 12.8 Å². The summed E-state index contributed by atoms with van der Waals surface area (Å²) in [7, 11) is 0. The molecule has 0 saturated heterocycles. The lowest BCUT2D eigenvalue weighted by atomic mass is 10.2. The number of alkyl halides is 3. The lowest BCUT2D eigenvalue weighted by molar-refractivity contribution is -0.137. The van der Waals surface area contributed by atoms with Crippen molar-refractivity contribution >= 4 is 5.65 Å². The molecule has 9 heteroatoms. The van der Waals surface area contributed by atoms with Gasteiger partial charge in [0.15, 0.2) is 0 Å². The van der Waals surface area contributed by atoms with E-state index in [9.17, 15) is 22.4 Å². The normalized spacial score (nSPS) is 11.7. The van der Waals surface area contributed by atoms with Crippen molar-refractivity contribution in [3.8, 4) is 11.4 Å². The third-order valence-electron chi connectivity index (χ3n) is 4.22. The van der Waals surface area contributed by atoms with Gasteiger partial charge in [-0.25, -0.2) is 14.2 Å². The van der Waals surface area contributed by atoms with Gasteiger partial charge in [0, 0.05) is 12.4 Å². The molecule has 0 aliphatic rings. The zero-order valence-electron chi connectivity index (χ0n) is 14.7. The molecule has 0 spiro atoms. The van der Waals surface area contributed by atoms with Crippen LogP contribution in [0.25, 0.3) is 11.3 Å². The summed E-state index contributed by atoms with van der Waals surface area (Å²) in [4.78, 5) is 17.0. The number of halogens is 4. The van der Waals surface area contributed by atoms with E-state index < -0.39 is 17.4 Å². The molecule has 0 fully saturated rings. The Bertz CT molecular complexity index is 1230. The van der Waals surface area contributed by atoms with Crippen LogP contribution < -0.4 is 10.4 Å². The van der Waals surface area contributed by atoms with E-state index in [1.807, 2.05) is 0 Å². The fraction of sp³-hybridized carbons (Fsp3) is 0.100. The number of nitrogens with zero attached hydrogens (tertiary/aromatic N) is 3. The number of hydrogen-bond acceptors (Lipinski definition) is 3. The molecule has 0 radical (unpaired) electrons. The molecule has 0 atom stereocenters. The van der Waals surface area contributed by atoms with Gasteiger partial charge in [0.2, 0.25) is 0 Å². The van der Waals surface area contributed by atoms with Crippen LogP contribution in [-0.4, -0.2) is 14.0 Å². The van der Waals surface area contributed by atoms with Crippen LogP contribution in [0.2, 0.25) is 0 Å². The Morgan fingerprint density at radius 2 is 1.79 bits per heavy atom. The molecule has 0 unspecified atom stereocenters. The lowest BCUT2D eigenvalue weighted by Crippen LogP contribution is -2.24. The maximum absolute atomic E-state index is 13.0. The van der Waals surface area contributed by atoms with Crippen LogP contribution in [0.1, 0.15) is 11.3 Å². The highest BCUT2D eigenvalue weighted by atomic mass is 19.4. The molecule has 0 aliphatic heterocycles. The van der Waals surface area contributed by atoms with Crippen LogP contribution in [-0.2, 0) is 12.8 Å². The molecule has 0 bridgehead atoms. The van der Waals surface area contributed by atoms with Gasteiger partial charge >= 0.3 is 11.9 Å². The first-order valence-electron chi connectivity index (χ1n) is 8.47. The number of rotatable bonds is 4. The average Bonchev–Trinajstić information content (AvgIpc) is 3.11. The second-order valence-corrected chi connectivity index (χ2v) is 6.22. The van der Waals surface area contributed by atoms with E-state index in [0.717, 1.165) is 16.7 Å². The number of hydrogen-bond donors (Lipinski definition) is 0. The summed E-state index contributed by atoms with van der Waals surface area (Å²) in [6.07, 6.45) is -1.69. The molecule has 2 aromatic carbocycles. The summed E-state index contributed by atoms with van der Waals surface area (Å²) in [5.74, 6) is 0.0463. The maximum atomic E-state index is 13.0. The third kappa shape index (κ3) is 3.84. The van der Waals surface area contributed by atoms with Crippen molar-refractivity contribution in [3.63, 3.8) is 0 Å². The highest BCUT2D eigenvalue weighted by molar-refractivity contribution is 5.42. The first kappa shape index (κ1) is 18.7. The fourth-order valence-corrected chi connectivity index (χ4v) is 2.82. The minimum Gasteiger partial charge on any atom is -0.487 e. The van der Waals surface area contributed by atoms with Crippen molar-refractivity contribution in [1.82, 2.24) is 14.0 Å². The number of aromatic nitrogens is 3. The number of fused-ring (bicyclic) bond motifs is 1. The molecule has 0 amide bonds. The van der Waals surface area contributed by atoms with Crippen molar-refractivity contribution in [3.05, 3.63) is 94.5 Å². The van der Waals surface area contributed by atoms with Crippen LogP contribution >= 0.6 is 0 Å². The molecular weight excluding hydrogens is 390 g/mol. The Hall–Kier alpha value is -3.62. The minimum absolute atomic E-state index is 0.0380. The van der Waals surface area contributed by atoms with Gasteiger partial charge < -0.3 is 4.74 Å². The molecule has 29 heavy (non-hydrogen) atoms. The standard InChI is InChI=1S/C20H13F4N3O2/c21-14-4-6-17(7-5-14)29-12-15-11-27-18(25-15)8-9-26(19(27)28)16-3-1-2-13(10-16)20(22,23)24/h1-11H,12H2. The molecule has 5 nitrogen and oxygen atoms in total. The van der Waals surface area contributed by atoms with Crippen molar-refractivity contribution in [1.29, 1.82) is 0 Å². The number of benzene rings is 2. The second-order valence-electron chi connectivity index (χ2n) is 6.22. The lowest BCUT2D eigenvalue weighted by Gasteiger charge is -2.10. The van der Waals surface area contributed by atoms with Gasteiger partial charge in [0.1, 0.15) is 23.8 Å². The molecule has 0 N–H and O–H groups in total. The predicted octanol–water partition coefficient (Wildman–Crippen LogP) is 4.22. The van der Waals surface area contributed by atoms with Crippen LogP contribution in [0.3, 0.4) is 0 Å². The van der Waals surface area contributed by atoms with Gasteiger partial charge in [-0.05, 0) is 48.5 Å². The molecule has 0 aliphatic carbocycles. The predicted molar refractivity (Wildman–Crippen MR) is 96.5 cm³/mol. The number of ether oxygens (including phenoxy) is 1. The van der Waals surface area contributed by atoms with Gasteiger partial charge in [0.25, 0.3) is 0 Å². The van der Waals surface area contributed by atoms with E-state index in [1.54, 1.807) is 0 Å². The average molecular weight is 403 g/mol. The summed E-state index contributed by atoms with van der Waals surface area (Å²) in [5.41, 5.74) is -0.558. The minimum atomic E-state index is -4.51. The Morgan fingerprint density at radius 3 is 2.52 bits per heavy atom. The fourth-order valence-electron chi connectivity index (χ4n) is 2.82. The molecule has 4 aromatic rings.